The van der Waals surface area contributed by atoms with Crippen LogP contribution in [0, 0.1) is 12.8 Å². The Morgan fingerprint density at radius 2 is 1.17 bits per heavy atom. The maximum atomic E-state index is 2.58. The summed E-state index contributed by atoms with van der Waals surface area (Å²) < 4.78 is 0. The SMILES string of the molecule is Cc1cccc(N(c2ccccc2)c2ccc3c(c2)=CC2C(C=3)c3c(c4ccccc4c4ccccc34)C2(C)C)c1. The first-order valence-corrected chi connectivity index (χ1v) is 14.7. The molecule has 0 fully saturated rings. The molecule has 1 nitrogen and oxygen atoms in total. The van der Waals surface area contributed by atoms with Crippen molar-refractivity contribution in [3.63, 3.8) is 0 Å². The number of nitrogens with zero attached hydrogens (tertiary/aromatic N) is 1. The van der Waals surface area contributed by atoms with Crippen molar-refractivity contribution in [3.8, 4) is 0 Å². The maximum Gasteiger partial charge on any atom is 0.0467 e. The fraction of sp³-hybridized carbons (Fsp3) is 0.150. The lowest BCUT2D eigenvalue weighted by Crippen LogP contribution is -2.35. The van der Waals surface area contributed by atoms with E-state index in [0.29, 0.717) is 11.8 Å². The molecule has 0 amide bonds. The lowest BCUT2D eigenvalue weighted by atomic mass is 9.73. The Labute approximate surface area is 241 Å². The zero-order valence-corrected chi connectivity index (χ0v) is 23.8. The molecule has 198 valence electrons. The number of anilines is 3. The fourth-order valence-corrected chi connectivity index (χ4v) is 7.68. The third-order valence-electron chi connectivity index (χ3n) is 9.49. The number of para-hydroxylation sites is 1. The van der Waals surface area contributed by atoms with Gasteiger partial charge in [0.1, 0.15) is 0 Å². The van der Waals surface area contributed by atoms with Crippen molar-refractivity contribution >= 4 is 50.8 Å². The van der Waals surface area contributed by atoms with E-state index in [-0.39, 0.29) is 5.41 Å². The summed E-state index contributed by atoms with van der Waals surface area (Å²) in [4.78, 5) is 2.38. The predicted octanol–water partition coefficient (Wildman–Crippen LogP) is 9.04. The molecule has 0 spiro atoms. The quantitative estimate of drug-likeness (QED) is 0.208. The van der Waals surface area contributed by atoms with Crippen LogP contribution in [-0.4, -0.2) is 0 Å². The summed E-state index contributed by atoms with van der Waals surface area (Å²) in [6.07, 6.45) is 5.13. The summed E-state index contributed by atoms with van der Waals surface area (Å²) in [5, 5.41) is 8.19. The first-order chi connectivity index (χ1) is 20.0. The van der Waals surface area contributed by atoms with Gasteiger partial charge in [0.05, 0.1) is 0 Å². The Bertz CT molecular complexity index is 2100. The van der Waals surface area contributed by atoms with E-state index in [4.69, 9.17) is 0 Å². The van der Waals surface area contributed by atoms with Crippen LogP contribution in [0.4, 0.5) is 17.1 Å². The van der Waals surface area contributed by atoms with Crippen LogP contribution < -0.4 is 15.3 Å². The van der Waals surface area contributed by atoms with Crippen molar-refractivity contribution in [2.24, 2.45) is 5.92 Å². The molecule has 2 atom stereocenters. The largest absolute Gasteiger partial charge is 0.310 e. The van der Waals surface area contributed by atoms with Gasteiger partial charge in [0.2, 0.25) is 0 Å². The summed E-state index contributed by atoms with van der Waals surface area (Å²) in [6.45, 7) is 7.08. The van der Waals surface area contributed by atoms with E-state index in [1.807, 2.05) is 0 Å². The second-order valence-corrected chi connectivity index (χ2v) is 12.3. The standard InChI is InChI=1S/C40H33N/c1-26-12-11-15-30(22-26)41(29-13-5-4-6-14-29)31-21-20-27-24-36-37(25-28(27)23-31)40(2,3)39-35-19-10-8-17-33(35)32-16-7-9-18-34(32)38(36)39/h4-25,36-37H,1-3H3. The molecule has 0 bridgehead atoms. The summed E-state index contributed by atoms with van der Waals surface area (Å²) in [6, 6.07) is 44.6. The zero-order chi connectivity index (χ0) is 27.7. The first kappa shape index (κ1) is 24.2. The number of hydrogen-bond acceptors (Lipinski definition) is 1. The molecule has 1 heteroatoms. The molecule has 2 aliphatic carbocycles. The van der Waals surface area contributed by atoms with E-state index in [1.165, 1.54) is 65.7 Å². The highest BCUT2D eigenvalue weighted by Crippen LogP contribution is 2.57. The van der Waals surface area contributed by atoms with Gasteiger partial charge < -0.3 is 4.90 Å². The number of fused-ring (bicyclic) bond motifs is 9. The van der Waals surface area contributed by atoms with E-state index in [9.17, 15) is 0 Å². The third kappa shape index (κ3) is 3.62. The van der Waals surface area contributed by atoms with Crippen LogP contribution >= 0.6 is 0 Å². The highest BCUT2D eigenvalue weighted by atomic mass is 15.1. The molecule has 0 N–H and O–H groups in total. The zero-order valence-electron chi connectivity index (χ0n) is 23.8. The summed E-state index contributed by atoms with van der Waals surface area (Å²) in [5.41, 5.74) is 7.84. The van der Waals surface area contributed by atoms with Crippen LogP contribution in [0.1, 0.15) is 36.5 Å². The van der Waals surface area contributed by atoms with Crippen molar-refractivity contribution < 1.29 is 0 Å². The molecule has 2 unspecified atom stereocenters. The average Bonchev–Trinajstić information content (AvgIpc) is 3.23. The van der Waals surface area contributed by atoms with Crippen molar-refractivity contribution in [1.29, 1.82) is 0 Å². The monoisotopic (exact) mass is 527 g/mol. The molecule has 8 rings (SSSR count). The van der Waals surface area contributed by atoms with Gasteiger partial charge in [0, 0.05) is 23.0 Å². The Morgan fingerprint density at radius 3 is 1.93 bits per heavy atom. The molecule has 0 saturated heterocycles. The molecule has 6 aromatic rings. The van der Waals surface area contributed by atoms with Crippen LogP contribution in [-0.2, 0) is 5.41 Å². The van der Waals surface area contributed by atoms with Gasteiger partial charge >= 0.3 is 0 Å². The Kier molecular flexibility index (Phi) is 5.28. The van der Waals surface area contributed by atoms with Crippen LogP contribution in [0.5, 0.6) is 0 Å². The van der Waals surface area contributed by atoms with E-state index < -0.39 is 0 Å². The lowest BCUT2D eigenvalue weighted by molar-refractivity contribution is 0.424. The number of benzene rings is 6. The van der Waals surface area contributed by atoms with E-state index in [0.717, 1.165) is 0 Å². The minimum atomic E-state index is 0.00346. The summed E-state index contributed by atoms with van der Waals surface area (Å²) in [7, 11) is 0. The number of aryl methyl sites for hydroxylation is 1. The average molecular weight is 528 g/mol. The van der Waals surface area contributed by atoms with Crippen LogP contribution in [0.2, 0.25) is 0 Å². The van der Waals surface area contributed by atoms with Crippen LogP contribution in [0.3, 0.4) is 0 Å². The van der Waals surface area contributed by atoms with Crippen molar-refractivity contribution in [2.75, 3.05) is 4.90 Å². The van der Waals surface area contributed by atoms with Gasteiger partial charge in [-0.3, -0.25) is 0 Å². The molecule has 0 heterocycles. The third-order valence-corrected chi connectivity index (χ3v) is 9.49. The molecule has 0 saturated carbocycles. The normalized spacial score (nSPS) is 18.2. The Morgan fingerprint density at radius 1 is 0.537 bits per heavy atom. The molecule has 41 heavy (non-hydrogen) atoms. The Balaban J connectivity index is 1.35. The molecule has 2 aliphatic rings. The molecule has 6 aromatic carbocycles. The highest BCUT2D eigenvalue weighted by molar-refractivity contribution is 6.12. The minimum Gasteiger partial charge on any atom is -0.310 e. The van der Waals surface area contributed by atoms with Gasteiger partial charge in [0.15, 0.2) is 0 Å². The summed E-state index contributed by atoms with van der Waals surface area (Å²) >= 11 is 0. The van der Waals surface area contributed by atoms with Crippen LogP contribution in [0.15, 0.2) is 121 Å². The topological polar surface area (TPSA) is 3.24 Å². The van der Waals surface area contributed by atoms with Gasteiger partial charge in [0.25, 0.3) is 0 Å². The Hall–Kier alpha value is -4.62. The van der Waals surface area contributed by atoms with E-state index in [1.54, 1.807) is 0 Å². The van der Waals surface area contributed by atoms with Gasteiger partial charge in [-0.15, -0.1) is 0 Å². The number of rotatable bonds is 3. The van der Waals surface area contributed by atoms with Gasteiger partial charge in [-0.1, -0.05) is 111 Å². The second-order valence-electron chi connectivity index (χ2n) is 12.3. The summed E-state index contributed by atoms with van der Waals surface area (Å²) in [5.74, 6) is 0.744. The van der Waals surface area contributed by atoms with Gasteiger partial charge in [-0.2, -0.15) is 0 Å². The highest BCUT2D eigenvalue weighted by Gasteiger charge is 2.46. The van der Waals surface area contributed by atoms with E-state index >= 15 is 0 Å². The molecule has 0 aliphatic heterocycles. The smallest absolute Gasteiger partial charge is 0.0467 e. The maximum absolute atomic E-state index is 2.58. The molecule has 0 aromatic heterocycles. The second kappa shape index (κ2) is 8.94. The fourth-order valence-electron chi connectivity index (χ4n) is 7.68. The van der Waals surface area contributed by atoms with Gasteiger partial charge in [-0.25, -0.2) is 0 Å². The number of hydrogen-bond donors (Lipinski definition) is 0. The van der Waals surface area contributed by atoms with Crippen molar-refractivity contribution in [3.05, 3.63) is 148 Å². The predicted molar refractivity (Wildman–Crippen MR) is 175 cm³/mol. The molecule has 0 radical (unpaired) electrons. The molecular formula is C40H33N. The van der Waals surface area contributed by atoms with Crippen LogP contribution in [0.25, 0.3) is 33.7 Å². The lowest BCUT2D eigenvalue weighted by Gasteiger charge is -2.31. The van der Waals surface area contributed by atoms with Crippen molar-refractivity contribution in [1.82, 2.24) is 0 Å². The van der Waals surface area contributed by atoms with Crippen molar-refractivity contribution in [2.45, 2.75) is 32.1 Å². The van der Waals surface area contributed by atoms with Gasteiger partial charge in [-0.05, 0) is 103 Å². The molecular weight excluding hydrogens is 494 g/mol. The minimum absolute atomic E-state index is 0.00346. The van der Waals surface area contributed by atoms with E-state index in [2.05, 4.69) is 159 Å². The first-order valence-electron chi connectivity index (χ1n) is 14.7.